The van der Waals surface area contributed by atoms with E-state index < -0.39 is 27.0 Å². The van der Waals surface area contributed by atoms with Gasteiger partial charge in [-0.2, -0.15) is 0 Å². The van der Waals surface area contributed by atoms with E-state index in [9.17, 15) is 4.79 Å². The normalized spacial score (nSPS) is 17.0. The molecule has 0 aliphatic rings. The van der Waals surface area contributed by atoms with Crippen molar-refractivity contribution >= 4 is 41.7 Å². The number of halogens is 1. The quantitative estimate of drug-likeness (QED) is 0.403. The molecule has 0 fully saturated rings. The van der Waals surface area contributed by atoms with Gasteiger partial charge in [-0.05, 0) is 41.6 Å². The number of aromatic nitrogens is 2. The minimum absolute atomic E-state index is 0.263. The maximum absolute atomic E-state index is 12.3. The van der Waals surface area contributed by atoms with Crippen molar-refractivity contribution in [3.05, 3.63) is 32.3 Å². The van der Waals surface area contributed by atoms with Crippen molar-refractivity contribution in [1.29, 1.82) is 0 Å². The van der Waals surface area contributed by atoms with Crippen LogP contribution >= 0.6 is 22.6 Å². The van der Waals surface area contributed by atoms with Crippen LogP contribution in [-0.2, 0) is 18.0 Å². The number of rotatable bonds is 6. The fourth-order valence-corrected chi connectivity index (χ4v) is 3.63. The molecule has 2 heterocycles. The molecule has 0 spiro atoms. The predicted octanol–water partition coefficient (Wildman–Crippen LogP) is 3.74. The molecule has 2 aromatic heterocycles. The highest BCUT2D eigenvalue weighted by Crippen LogP contribution is 2.22. The summed E-state index contributed by atoms with van der Waals surface area (Å²) in [6.45, 7) is 1.90. The first-order valence-corrected chi connectivity index (χ1v) is 11.5. The first-order chi connectivity index (χ1) is 11.8. The van der Waals surface area contributed by atoms with Crippen molar-refractivity contribution in [2.75, 3.05) is 6.61 Å². The van der Waals surface area contributed by atoms with Gasteiger partial charge in [0, 0.05) is 40.3 Å². The standard InChI is InChI=1S/C15H23IN2O2Si/c1-5-18-14(19)7-6-13-15(18)12(16)10-17(13)11-20-8-9-21(2,3)4/h6-7,10H,5,8-9,11H2,1-4H3/i1D3,5D2. The molecule has 0 unspecified atom stereocenters. The maximum Gasteiger partial charge on any atom is 0.251 e. The number of ether oxygens (including phenoxy) is 1. The third kappa shape index (κ3) is 3.98. The lowest BCUT2D eigenvalue weighted by Gasteiger charge is -2.15. The monoisotopic (exact) mass is 423 g/mol. The van der Waals surface area contributed by atoms with Crippen LogP contribution in [0, 0.1) is 3.57 Å². The van der Waals surface area contributed by atoms with E-state index in [0.717, 1.165) is 10.6 Å². The molecule has 0 saturated carbocycles. The number of fused-ring (bicyclic) bond motifs is 1. The summed E-state index contributed by atoms with van der Waals surface area (Å²) in [7, 11) is -1.20. The third-order valence-corrected chi connectivity index (χ3v) is 5.71. The molecule has 0 N–H and O–H groups in total. The fourth-order valence-electron chi connectivity index (χ4n) is 2.02. The number of pyridine rings is 1. The molecule has 6 heteroatoms. The van der Waals surface area contributed by atoms with Crippen LogP contribution in [0.2, 0.25) is 25.7 Å². The van der Waals surface area contributed by atoms with Crippen LogP contribution in [0.5, 0.6) is 0 Å². The van der Waals surface area contributed by atoms with Crippen LogP contribution in [-0.4, -0.2) is 23.8 Å². The first-order valence-electron chi connectivity index (χ1n) is 9.24. The topological polar surface area (TPSA) is 36.2 Å². The zero-order valence-corrected chi connectivity index (χ0v) is 15.6. The Hall–Kier alpha value is -0.603. The molecule has 0 atom stereocenters. The van der Waals surface area contributed by atoms with E-state index in [2.05, 4.69) is 19.6 Å². The van der Waals surface area contributed by atoms with E-state index in [1.807, 2.05) is 22.6 Å². The molecular weight excluding hydrogens is 395 g/mol. The smallest absolute Gasteiger partial charge is 0.251 e. The molecule has 0 aliphatic heterocycles. The van der Waals surface area contributed by atoms with Gasteiger partial charge in [0.05, 0.1) is 14.6 Å². The Morgan fingerprint density at radius 1 is 1.43 bits per heavy atom. The number of hydrogen-bond acceptors (Lipinski definition) is 2. The van der Waals surface area contributed by atoms with Crippen molar-refractivity contribution in [1.82, 2.24) is 9.13 Å². The highest BCUT2D eigenvalue weighted by molar-refractivity contribution is 14.1. The molecule has 0 amide bonds. The van der Waals surface area contributed by atoms with Crippen molar-refractivity contribution < 1.29 is 11.6 Å². The van der Waals surface area contributed by atoms with Crippen molar-refractivity contribution in [3.8, 4) is 0 Å². The van der Waals surface area contributed by atoms with Gasteiger partial charge >= 0.3 is 0 Å². The van der Waals surface area contributed by atoms with E-state index in [1.165, 1.54) is 6.07 Å². The molecule has 0 bridgehead atoms. The Labute approximate surface area is 147 Å². The minimum atomic E-state index is -2.97. The van der Waals surface area contributed by atoms with E-state index in [-0.39, 0.29) is 12.2 Å². The summed E-state index contributed by atoms with van der Waals surface area (Å²) in [5.41, 5.74) is 0.150. The van der Waals surface area contributed by atoms with Gasteiger partial charge in [0.2, 0.25) is 0 Å². The highest BCUT2D eigenvalue weighted by Gasteiger charge is 2.13. The van der Waals surface area contributed by atoms with Gasteiger partial charge in [-0.3, -0.25) is 4.79 Å². The van der Waals surface area contributed by atoms with E-state index in [4.69, 9.17) is 11.6 Å². The van der Waals surface area contributed by atoms with Crippen molar-refractivity contribution in [2.45, 2.75) is 45.8 Å². The maximum atomic E-state index is 12.3. The summed E-state index contributed by atoms with van der Waals surface area (Å²) in [6, 6.07) is 3.80. The molecule has 0 saturated heterocycles. The molecule has 0 aromatic carbocycles. The third-order valence-electron chi connectivity index (χ3n) is 3.21. The summed E-state index contributed by atoms with van der Waals surface area (Å²) >= 11 is 1.98. The fraction of sp³-hybridized carbons (Fsp3) is 0.533. The van der Waals surface area contributed by atoms with Crippen molar-refractivity contribution in [3.63, 3.8) is 0 Å². The Morgan fingerprint density at radius 2 is 2.19 bits per heavy atom. The molecule has 2 aromatic rings. The molecule has 116 valence electrons. The lowest BCUT2D eigenvalue weighted by Crippen LogP contribution is -2.22. The Bertz CT molecular complexity index is 855. The second-order valence-electron chi connectivity index (χ2n) is 6.15. The van der Waals surface area contributed by atoms with Crippen LogP contribution < -0.4 is 5.56 Å². The van der Waals surface area contributed by atoms with Gasteiger partial charge in [-0.15, -0.1) is 0 Å². The summed E-state index contributed by atoms with van der Waals surface area (Å²) in [5, 5.41) is 0. The molecule has 0 aliphatic carbocycles. The summed E-state index contributed by atoms with van der Waals surface area (Å²) in [4.78, 5) is 12.3. The zero-order valence-electron chi connectivity index (χ0n) is 17.4. The van der Waals surface area contributed by atoms with Gasteiger partial charge in [0.1, 0.15) is 6.73 Å². The van der Waals surface area contributed by atoms with Crippen LogP contribution in [0.1, 0.15) is 13.7 Å². The van der Waals surface area contributed by atoms with Crippen LogP contribution in [0.15, 0.2) is 23.1 Å². The van der Waals surface area contributed by atoms with Crippen molar-refractivity contribution in [2.24, 2.45) is 0 Å². The van der Waals surface area contributed by atoms with Gasteiger partial charge in [0.15, 0.2) is 0 Å². The predicted molar refractivity (Wildman–Crippen MR) is 98.7 cm³/mol. The van der Waals surface area contributed by atoms with E-state index >= 15 is 0 Å². The van der Waals surface area contributed by atoms with Gasteiger partial charge < -0.3 is 13.9 Å². The summed E-state index contributed by atoms with van der Waals surface area (Å²) in [5.74, 6) is 0. The zero-order chi connectivity index (χ0) is 19.9. The number of aryl methyl sites for hydroxylation is 1. The van der Waals surface area contributed by atoms with Crippen LogP contribution in [0.3, 0.4) is 0 Å². The molecular formula is C15H23IN2O2Si. The van der Waals surface area contributed by atoms with Gasteiger partial charge in [0.25, 0.3) is 5.56 Å². The highest BCUT2D eigenvalue weighted by atomic mass is 127. The molecule has 4 nitrogen and oxygen atoms in total. The Kier molecular flexibility index (Phi) is 3.49. The average Bonchev–Trinajstić information content (AvgIpc) is 2.77. The lowest BCUT2D eigenvalue weighted by atomic mass is 10.3. The van der Waals surface area contributed by atoms with Gasteiger partial charge in [-0.25, -0.2) is 0 Å². The minimum Gasteiger partial charge on any atom is -0.361 e. The number of nitrogens with zero attached hydrogens (tertiary/aromatic N) is 2. The first kappa shape index (κ1) is 11.0. The Balaban J connectivity index is 2.44. The molecule has 21 heavy (non-hydrogen) atoms. The van der Waals surface area contributed by atoms with Gasteiger partial charge in [-0.1, -0.05) is 19.6 Å². The van der Waals surface area contributed by atoms with Crippen LogP contribution in [0.25, 0.3) is 11.0 Å². The Morgan fingerprint density at radius 3 is 2.86 bits per heavy atom. The van der Waals surface area contributed by atoms with Crippen LogP contribution in [0.4, 0.5) is 0 Å². The largest absolute Gasteiger partial charge is 0.361 e. The lowest BCUT2D eigenvalue weighted by molar-refractivity contribution is 0.0901. The molecule has 0 radical (unpaired) electrons. The second-order valence-corrected chi connectivity index (χ2v) is 12.9. The molecule has 2 rings (SSSR count). The number of hydrogen-bond donors (Lipinski definition) is 0. The average molecular weight is 423 g/mol. The summed E-state index contributed by atoms with van der Waals surface area (Å²) in [6.07, 6.45) is 1.74. The van der Waals surface area contributed by atoms with E-state index in [1.54, 1.807) is 16.8 Å². The summed E-state index contributed by atoms with van der Waals surface area (Å²) < 4.78 is 47.3. The SMILES string of the molecule is [2H]C([2H])([2H])C([2H])([2H])n1c(=O)ccc2c1c(I)cn2COCC[Si](C)(C)C. The second kappa shape index (κ2) is 6.66. The van der Waals surface area contributed by atoms with E-state index in [0.29, 0.717) is 15.7 Å².